The van der Waals surface area contributed by atoms with Gasteiger partial charge in [0.1, 0.15) is 0 Å². The third kappa shape index (κ3) is 2.95. The Labute approximate surface area is 152 Å². The van der Waals surface area contributed by atoms with Gasteiger partial charge in [0.05, 0.1) is 5.56 Å². The Bertz CT molecular complexity index is 1100. The van der Waals surface area contributed by atoms with E-state index >= 15 is 0 Å². The second-order valence-corrected chi connectivity index (χ2v) is 6.22. The van der Waals surface area contributed by atoms with Crippen LogP contribution in [-0.2, 0) is 0 Å². The summed E-state index contributed by atoms with van der Waals surface area (Å²) in [5.74, 6) is 0. The number of rotatable bonds is 3. The fraction of sp³-hybridized carbons (Fsp3) is 0.0435. The minimum Gasteiger partial charge on any atom is -0.321 e. The molecule has 0 aliphatic rings. The van der Waals surface area contributed by atoms with Gasteiger partial charge in [-0.15, -0.1) is 0 Å². The first-order chi connectivity index (χ1) is 12.7. The molecule has 3 nitrogen and oxygen atoms in total. The van der Waals surface area contributed by atoms with Gasteiger partial charge in [0.2, 0.25) is 0 Å². The van der Waals surface area contributed by atoms with E-state index in [0.29, 0.717) is 5.56 Å². The number of nitrogens with zero attached hydrogens (tertiary/aromatic N) is 1. The van der Waals surface area contributed by atoms with E-state index in [-0.39, 0.29) is 5.56 Å². The predicted octanol–water partition coefficient (Wildman–Crippen LogP) is 5.08. The number of aromatic nitrogens is 2. The first-order valence-corrected chi connectivity index (χ1v) is 8.53. The van der Waals surface area contributed by atoms with Gasteiger partial charge in [0, 0.05) is 23.7 Å². The van der Waals surface area contributed by atoms with Crippen LogP contribution in [0, 0.1) is 6.92 Å². The van der Waals surface area contributed by atoms with E-state index in [0.717, 1.165) is 33.5 Å². The van der Waals surface area contributed by atoms with Gasteiger partial charge in [-0.25, -0.2) is 0 Å². The van der Waals surface area contributed by atoms with Gasteiger partial charge in [0.15, 0.2) is 0 Å². The lowest BCUT2D eigenvalue weighted by atomic mass is 9.94. The van der Waals surface area contributed by atoms with Crippen LogP contribution in [0.4, 0.5) is 0 Å². The fourth-order valence-electron chi connectivity index (χ4n) is 3.23. The normalized spacial score (nSPS) is 10.7. The van der Waals surface area contributed by atoms with E-state index < -0.39 is 0 Å². The molecule has 3 heteroatoms. The summed E-state index contributed by atoms with van der Waals surface area (Å²) in [6, 6.07) is 23.7. The third-order valence-electron chi connectivity index (χ3n) is 4.52. The average Bonchev–Trinajstić information content (AvgIpc) is 2.69. The van der Waals surface area contributed by atoms with Gasteiger partial charge >= 0.3 is 0 Å². The number of aromatic amines is 1. The number of pyridine rings is 2. The molecule has 0 amide bonds. The number of nitrogens with one attached hydrogen (secondary N) is 1. The zero-order chi connectivity index (χ0) is 17.9. The summed E-state index contributed by atoms with van der Waals surface area (Å²) in [6.45, 7) is 2.05. The Morgan fingerprint density at radius 1 is 0.769 bits per heavy atom. The standard InChI is InChI=1S/C23H18N2O/c1-16-7-5-6-10-19(16)21-15-20(17-11-13-24-14-12-17)22(23(26)25-21)18-8-3-2-4-9-18/h2-15H,1H3,(H,25,26). The lowest BCUT2D eigenvalue weighted by Crippen LogP contribution is -2.12. The molecule has 2 aromatic heterocycles. The molecule has 4 aromatic rings. The van der Waals surface area contributed by atoms with Gasteiger partial charge in [-0.3, -0.25) is 9.78 Å². The molecule has 0 saturated carbocycles. The highest BCUT2D eigenvalue weighted by atomic mass is 16.1. The summed E-state index contributed by atoms with van der Waals surface area (Å²) in [5.41, 5.74) is 6.32. The highest BCUT2D eigenvalue weighted by Crippen LogP contribution is 2.32. The van der Waals surface area contributed by atoms with Crippen LogP contribution in [0.3, 0.4) is 0 Å². The van der Waals surface area contributed by atoms with Crippen molar-refractivity contribution in [1.82, 2.24) is 9.97 Å². The van der Waals surface area contributed by atoms with E-state index in [1.807, 2.05) is 73.7 Å². The topological polar surface area (TPSA) is 45.8 Å². The van der Waals surface area contributed by atoms with Crippen LogP contribution in [0.25, 0.3) is 33.5 Å². The number of H-pyrrole nitrogens is 1. The number of benzene rings is 2. The van der Waals surface area contributed by atoms with Crippen molar-refractivity contribution in [1.29, 1.82) is 0 Å². The highest BCUT2D eigenvalue weighted by molar-refractivity contribution is 5.85. The molecule has 26 heavy (non-hydrogen) atoms. The zero-order valence-corrected chi connectivity index (χ0v) is 14.4. The minimum atomic E-state index is -0.0937. The Kier molecular flexibility index (Phi) is 4.20. The van der Waals surface area contributed by atoms with Crippen LogP contribution in [0.15, 0.2) is 90.0 Å². The highest BCUT2D eigenvalue weighted by Gasteiger charge is 2.15. The summed E-state index contributed by atoms with van der Waals surface area (Å²) in [5, 5.41) is 0. The summed E-state index contributed by atoms with van der Waals surface area (Å²) < 4.78 is 0. The van der Waals surface area contributed by atoms with E-state index in [9.17, 15) is 4.79 Å². The molecular formula is C23H18N2O. The van der Waals surface area contributed by atoms with Crippen molar-refractivity contribution in [2.45, 2.75) is 6.92 Å². The van der Waals surface area contributed by atoms with E-state index in [1.165, 1.54) is 0 Å². The Morgan fingerprint density at radius 2 is 1.46 bits per heavy atom. The summed E-state index contributed by atoms with van der Waals surface area (Å²) >= 11 is 0. The van der Waals surface area contributed by atoms with Crippen LogP contribution in [0.2, 0.25) is 0 Å². The van der Waals surface area contributed by atoms with E-state index in [1.54, 1.807) is 12.4 Å². The van der Waals surface area contributed by atoms with Crippen LogP contribution in [0.5, 0.6) is 0 Å². The molecule has 4 rings (SSSR count). The number of aryl methyl sites for hydroxylation is 1. The Hall–Kier alpha value is -3.46. The second-order valence-electron chi connectivity index (χ2n) is 6.22. The van der Waals surface area contributed by atoms with Gasteiger partial charge in [-0.2, -0.15) is 0 Å². The maximum atomic E-state index is 13.0. The largest absolute Gasteiger partial charge is 0.321 e. The number of hydrogen-bond acceptors (Lipinski definition) is 2. The molecule has 0 aliphatic carbocycles. The summed E-state index contributed by atoms with van der Waals surface area (Å²) in [7, 11) is 0. The van der Waals surface area contributed by atoms with Crippen LogP contribution >= 0.6 is 0 Å². The smallest absolute Gasteiger partial charge is 0.256 e. The predicted molar refractivity (Wildman–Crippen MR) is 106 cm³/mol. The molecule has 0 bridgehead atoms. The molecule has 2 heterocycles. The average molecular weight is 338 g/mol. The van der Waals surface area contributed by atoms with Gasteiger partial charge in [-0.05, 0) is 47.4 Å². The Morgan fingerprint density at radius 3 is 2.19 bits per heavy atom. The molecule has 126 valence electrons. The van der Waals surface area contributed by atoms with Crippen molar-refractivity contribution in [2.24, 2.45) is 0 Å². The lowest BCUT2D eigenvalue weighted by molar-refractivity contribution is 1.23. The molecule has 1 N–H and O–H groups in total. The van der Waals surface area contributed by atoms with Gasteiger partial charge in [-0.1, -0.05) is 54.6 Å². The molecule has 0 spiro atoms. The maximum absolute atomic E-state index is 13.0. The molecule has 0 aliphatic heterocycles. The zero-order valence-electron chi connectivity index (χ0n) is 14.4. The SMILES string of the molecule is Cc1ccccc1-c1cc(-c2ccncc2)c(-c2ccccc2)c(=O)[nH]1. The van der Waals surface area contributed by atoms with Crippen molar-refractivity contribution in [3.8, 4) is 33.5 Å². The van der Waals surface area contributed by atoms with E-state index in [2.05, 4.69) is 16.0 Å². The van der Waals surface area contributed by atoms with Crippen LogP contribution in [0.1, 0.15) is 5.56 Å². The first kappa shape index (κ1) is 16.0. The van der Waals surface area contributed by atoms with E-state index in [4.69, 9.17) is 0 Å². The maximum Gasteiger partial charge on any atom is 0.256 e. The fourth-order valence-corrected chi connectivity index (χ4v) is 3.23. The quantitative estimate of drug-likeness (QED) is 0.566. The Balaban J connectivity index is 2.02. The molecule has 0 saturated heterocycles. The van der Waals surface area contributed by atoms with Crippen molar-refractivity contribution in [3.05, 3.63) is 101 Å². The van der Waals surface area contributed by atoms with Gasteiger partial charge < -0.3 is 4.98 Å². The molecule has 0 radical (unpaired) electrons. The van der Waals surface area contributed by atoms with Crippen LogP contribution in [-0.4, -0.2) is 9.97 Å². The van der Waals surface area contributed by atoms with Gasteiger partial charge in [0.25, 0.3) is 5.56 Å². The molecule has 0 unspecified atom stereocenters. The lowest BCUT2D eigenvalue weighted by Gasteiger charge is -2.13. The summed E-state index contributed by atoms with van der Waals surface area (Å²) in [6.07, 6.45) is 3.50. The molecular weight excluding hydrogens is 320 g/mol. The number of hydrogen-bond donors (Lipinski definition) is 1. The summed E-state index contributed by atoms with van der Waals surface area (Å²) in [4.78, 5) is 20.2. The third-order valence-corrected chi connectivity index (χ3v) is 4.52. The molecule has 0 atom stereocenters. The monoisotopic (exact) mass is 338 g/mol. The second kappa shape index (κ2) is 6.81. The molecule has 0 fully saturated rings. The van der Waals surface area contributed by atoms with Crippen molar-refractivity contribution < 1.29 is 0 Å². The van der Waals surface area contributed by atoms with Crippen molar-refractivity contribution in [2.75, 3.05) is 0 Å². The van der Waals surface area contributed by atoms with Crippen LogP contribution < -0.4 is 5.56 Å². The van der Waals surface area contributed by atoms with Crippen molar-refractivity contribution in [3.63, 3.8) is 0 Å². The minimum absolute atomic E-state index is 0.0937. The first-order valence-electron chi connectivity index (χ1n) is 8.53. The van der Waals surface area contributed by atoms with Crippen molar-refractivity contribution >= 4 is 0 Å². The molecule has 2 aromatic carbocycles.